The third-order valence-electron chi connectivity index (χ3n) is 2.48. The molecule has 0 unspecified atom stereocenters. The number of carbonyl (C=O) groups excluding carboxylic acids is 2. The lowest BCUT2D eigenvalue weighted by Crippen LogP contribution is -2.09. The largest absolute Gasteiger partial charge is 0.466 e. The molecule has 1 aromatic rings. The van der Waals surface area contributed by atoms with Gasteiger partial charge in [-0.15, -0.1) is 0 Å². The minimum absolute atomic E-state index is 0.0703. The number of esters is 1. The van der Waals surface area contributed by atoms with Gasteiger partial charge in [-0.1, -0.05) is 24.9 Å². The van der Waals surface area contributed by atoms with E-state index in [1.165, 1.54) is 0 Å². The normalized spacial score (nSPS) is 10.1. The Kier molecular flexibility index (Phi) is 6.44. The molecule has 0 N–H and O–H groups in total. The van der Waals surface area contributed by atoms with Crippen LogP contribution in [0.5, 0.6) is 0 Å². The van der Waals surface area contributed by atoms with Crippen LogP contribution >= 0.6 is 11.6 Å². The minimum Gasteiger partial charge on any atom is -0.466 e. The molecule has 0 heterocycles. The lowest BCUT2D eigenvalue weighted by atomic mass is 10.1. The van der Waals surface area contributed by atoms with Crippen LogP contribution in [0.4, 0.5) is 0 Å². The lowest BCUT2D eigenvalue weighted by molar-refractivity contribution is -0.143. The third kappa shape index (κ3) is 5.32. The average Bonchev–Trinajstić information content (AvgIpc) is 2.37. The molecule has 3 nitrogen and oxygen atoms in total. The van der Waals surface area contributed by atoms with Crippen molar-refractivity contribution in [2.24, 2.45) is 0 Å². The molecule has 4 heteroatoms. The maximum atomic E-state index is 11.7. The van der Waals surface area contributed by atoms with Crippen molar-refractivity contribution in [2.45, 2.75) is 32.6 Å². The van der Waals surface area contributed by atoms with E-state index in [9.17, 15) is 9.59 Å². The molecule has 0 bridgehead atoms. The SMILES string of the molecule is CCCCOC(=O)CCC(=O)c1ccc(Cl)cc1. The lowest BCUT2D eigenvalue weighted by Gasteiger charge is -2.03. The maximum Gasteiger partial charge on any atom is 0.306 e. The first-order chi connectivity index (χ1) is 8.63. The number of ether oxygens (including phenoxy) is 1. The summed E-state index contributed by atoms with van der Waals surface area (Å²) in [6.07, 6.45) is 2.14. The summed E-state index contributed by atoms with van der Waals surface area (Å²) in [7, 11) is 0. The number of halogens is 1. The van der Waals surface area contributed by atoms with Crippen LogP contribution in [0.25, 0.3) is 0 Å². The summed E-state index contributed by atoms with van der Waals surface area (Å²) in [5.41, 5.74) is 0.570. The first kappa shape index (κ1) is 14.7. The molecular formula is C14H17ClO3. The Labute approximate surface area is 112 Å². The van der Waals surface area contributed by atoms with Crippen LogP contribution in [0, 0.1) is 0 Å². The third-order valence-corrected chi connectivity index (χ3v) is 2.74. The fourth-order valence-electron chi connectivity index (χ4n) is 1.40. The number of benzene rings is 1. The number of carbonyl (C=O) groups is 2. The van der Waals surface area contributed by atoms with Gasteiger partial charge in [0.25, 0.3) is 0 Å². The van der Waals surface area contributed by atoms with Crippen LogP contribution in [0.3, 0.4) is 0 Å². The molecule has 0 aliphatic carbocycles. The Bertz CT molecular complexity index is 398. The monoisotopic (exact) mass is 268 g/mol. The summed E-state index contributed by atoms with van der Waals surface area (Å²) in [6.45, 7) is 2.46. The summed E-state index contributed by atoms with van der Waals surface area (Å²) >= 11 is 5.73. The highest BCUT2D eigenvalue weighted by Gasteiger charge is 2.09. The molecule has 0 saturated carbocycles. The molecule has 0 amide bonds. The van der Waals surface area contributed by atoms with Crippen LogP contribution in [0.1, 0.15) is 43.0 Å². The van der Waals surface area contributed by atoms with Crippen molar-refractivity contribution in [2.75, 3.05) is 6.61 Å². The number of Topliss-reactive ketones (excluding diaryl/α,β-unsaturated/α-hetero) is 1. The van der Waals surface area contributed by atoms with E-state index in [1.54, 1.807) is 24.3 Å². The Morgan fingerprint density at radius 2 is 1.83 bits per heavy atom. The maximum absolute atomic E-state index is 11.7. The molecule has 0 saturated heterocycles. The highest BCUT2D eigenvalue weighted by molar-refractivity contribution is 6.30. The van der Waals surface area contributed by atoms with E-state index in [0.717, 1.165) is 12.8 Å². The summed E-state index contributed by atoms with van der Waals surface area (Å²) in [5.74, 6) is -0.384. The van der Waals surface area contributed by atoms with Gasteiger partial charge in [-0.2, -0.15) is 0 Å². The van der Waals surface area contributed by atoms with Crippen molar-refractivity contribution in [3.8, 4) is 0 Å². The zero-order chi connectivity index (χ0) is 13.4. The van der Waals surface area contributed by atoms with Crippen molar-refractivity contribution in [1.82, 2.24) is 0 Å². The summed E-state index contributed by atoms with van der Waals surface area (Å²) < 4.78 is 4.98. The molecule has 0 fully saturated rings. The standard InChI is InChI=1S/C14H17ClO3/c1-2-3-10-18-14(17)9-8-13(16)11-4-6-12(15)7-5-11/h4-7H,2-3,8-10H2,1H3. The van der Waals surface area contributed by atoms with Crippen LogP contribution in [-0.2, 0) is 9.53 Å². The molecular weight excluding hydrogens is 252 g/mol. The Morgan fingerprint density at radius 1 is 1.17 bits per heavy atom. The molecule has 0 spiro atoms. The summed E-state index contributed by atoms with van der Waals surface area (Å²) in [4.78, 5) is 23.1. The van der Waals surface area contributed by atoms with Gasteiger partial charge < -0.3 is 4.74 Å². The van der Waals surface area contributed by atoms with E-state index in [2.05, 4.69) is 0 Å². The van der Waals surface area contributed by atoms with Crippen molar-refractivity contribution in [3.05, 3.63) is 34.9 Å². The topological polar surface area (TPSA) is 43.4 Å². The van der Waals surface area contributed by atoms with Crippen LogP contribution in [0.15, 0.2) is 24.3 Å². The van der Waals surface area contributed by atoms with Gasteiger partial charge >= 0.3 is 5.97 Å². The number of hydrogen-bond acceptors (Lipinski definition) is 3. The number of ketones is 1. The Balaban J connectivity index is 2.32. The molecule has 0 radical (unpaired) electrons. The van der Waals surface area contributed by atoms with Crippen molar-refractivity contribution in [3.63, 3.8) is 0 Å². The minimum atomic E-state index is -0.314. The summed E-state index contributed by atoms with van der Waals surface area (Å²) in [5, 5.41) is 0.588. The quantitative estimate of drug-likeness (QED) is 0.431. The Hall–Kier alpha value is -1.35. The van der Waals surface area contributed by atoms with E-state index in [1.807, 2.05) is 6.92 Å². The molecule has 98 valence electrons. The van der Waals surface area contributed by atoms with Crippen molar-refractivity contribution < 1.29 is 14.3 Å². The predicted molar refractivity (Wildman–Crippen MR) is 70.9 cm³/mol. The molecule has 1 aromatic carbocycles. The molecule has 1 rings (SSSR count). The van der Waals surface area contributed by atoms with Gasteiger partial charge in [-0.3, -0.25) is 9.59 Å². The second-order valence-corrected chi connectivity index (χ2v) is 4.44. The number of rotatable bonds is 7. The molecule has 0 aliphatic rings. The van der Waals surface area contributed by atoms with E-state index in [-0.39, 0.29) is 24.6 Å². The van der Waals surface area contributed by atoms with Gasteiger partial charge in [0.2, 0.25) is 0 Å². The highest BCUT2D eigenvalue weighted by Crippen LogP contribution is 2.12. The molecule has 0 aliphatic heterocycles. The van der Waals surface area contributed by atoms with Gasteiger partial charge in [0.1, 0.15) is 0 Å². The number of hydrogen-bond donors (Lipinski definition) is 0. The van der Waals surface area contributed by atoms with Crippen LogP contribution in [-0.4, -0.2) is 18.4 Å². The predicted octanol–water partition coefficient (Wildman–Crippen LogP) is 3.65. The van der Waals surface area contributed by atoms with Crippen LogP contribution in [0.2, 0.25) is 5.02 Å². The van der Waals surface area contributed by atoms with E-state index in [4.69, 9.17) is 16.3 Å². The van der Waals surface area contributed by atoms with E-state index < -0.39 is 0 Å². The average molecular weight is 269 g/mol. The summed E-state index contributed by atoms with van der Waals surface area (Å²) in [6, 6.07) is 6.64. The van der Waals surface area contributed by atoms with Crippen molar-refractivity contribution in [1.29, 1.82) is 0 Å². The smallest absolute Gasteiger partial charge is 0.306 e. The van der Waals surface area contributed by atoms with E-state index in [0.29, 0.717) is 17.2 Å². The van der Waals surface area contributed by atoms with Crippen LogP contribution < -0.4 is 0 Å². The van der Waals surface area contributed by atoms with Gasteiger partial charge in [0.15, 0.2) is 5.78 Å². The zero-order valence-corrected chi connectivity index (χ0v) is 11.2. The fraction of sp³-hybridized carbons (Fsp3) is 0.429. The van der Waals surface area contributed by atoms with Gasteiger partial charge in [-0.05, 0) is 30.7 Å². The first-order valence-corrected chi connectivity index (χ1v) is 6.45. The number of unbranched alkanes of at least 4 members (excludes halogenated alkanes) is 1. The molecule has 0 atom stereocenters. The van der Waals surface area contributed by atoms with Crippen molar-refractivity contribution >= 4 is 23.4 Å². The van der Waals surface area contributed by atoms with Gasteiger partial charge in [0.05, 0.1) is 13.0 Å². The molecule has 18 heavy (non-hydrogen) atoms. The molecule has 0 aromatic heterocycles. The van der Waals surface area contributed by atoms with E-state index >= 15 is 0 Å². The second-order valence-electron chi connectivity index (χ2n) is 4.00. The second kappa shape index (κ2) is 7.88. The first-order valence-electron chi connectivity index (χ1n) is 6.08. The fourth-order valence-corrected chi connectivity index (χ4v) is 1.52. The zero-order valence-electron chi connectivity index (χ0n) is 10.4. The van der Waals surface area contributed by atoms with Gasteiger partial charge in [0, 0.05) is 17.0 Å². The van der Waals surface area contributed by atoms with Gasteiger partial charge in [-0.25, -0.2) is 0 Å². The Morgan fingerprint density at radius 3 is 2.44 bits per heavy atom. The highest BCUT2D eigenvalue weighted by atomic mass is 35.5.